The molecule has 0 heterocycles. The van der Waals surface area contributed by atoms with Gasteiger partial charge in [0.2, 0.25) is 0 Å². The van der Waals surface area contributed by atoms with Crippen LogP contribution in [0.3, 0.4) is 0 Å². The summed E-state index contributed by atoms with van der Waals surface area (Å²) in [7, 11) is 0. The lowest BCUT2D eigenvalue weighted by Gasteiger charge is -2.59. The van der Waals surface area contributed by atoms with E-state index in [0.717, 1.165) is 116 Å². The van der Waals surface area contributed by atoms with E-state index in [-0.39, 0.29) is 58.2 Å². The number of aryl methyl sites for hydroxylation is 1. The monoisotopic (exact) mass is 1340 g/mol. The molecule has 12 nitrogen and oxygen atoms in total. The fraction of sp³-hybridized carbons (Fsp3) is 0.647. The van der Waals surface area contributed by atoms with Gasteiger partial charge < -0.3 is 28.4 Å². The minimum Gasteiger partial charge on any atom is -0.456 e. The van der Waals surface area contributed by atoms with Crippen molar-refractivity contribution in [2.45, 2.75) is 280 Å². The third-order valence-corrected chi connectivity index (χ3v) is 23.9. The van der Waals surface area contributed by atoms with Gasteiger partial charge >= 0.3 is 35.8 Å². The predicted octanol–water partition coefficient (Wildman–Crippen LogP) is 20.1. The average molecular weight is 1340 g/mol. The van der Waals surface area contributed by atoms with Gasteiger partial charge in [0.1, 0.15) is 33.6 Å². The molecule has 0 aliphatic heterocycles. The Hall–Kier alpha value is -6.30. The van der Waals surface area contributed by atoms with Crippen LogP contribution in [0.25, 0.3) is 0 Å². The van der Waals surface area contributed by atoms with Crippen LogP contribution in [0.2, 0.25) is 0 Å². The highest BCUT2D eigenvalue weighted by Gasteiger charge is 2.68. The molecule has 97 heavy (non-hydrogen) atoms. The Balaban J connectivity index is 0.000000185. The summed E-state index contributed by atoms with van der Waals surface area (Å²) < 4.78 is 33.6. The van der Waals surface area contributed by atoms with Crippen molar-refractivity contribution >= 4 is 35.8 Å². The van der Waals surface area contributed by atoms with Crippen LogP contribution in [0, 0.1) is 71.0 Å². The third-order valence-electron chi connectivity index (χ3n) is 23.9. The molecule has 9 fully saturated rings. The quantitative estimate of drug-likeness (QED) is 0.0640. The molecular formula is C85H124O12. The summed E-state index contributed by atoms with van der Waals surface area (Å²) in [6.45, 7) is 54.3. The first-order valence-corrected chi connectivity index (χ1v) is 36.7. The Labute approximate surface area is 585 Å². The van der Waals surface area contributed by atoms with Crippen molar-refractivity contribution < 1.29 is 57.2 Å². The molecule has 10 aliphatic carbocycles. The van der Waals surface area contributed by atoms with Gasteiger partial charge in [-0.25, -0.2) is 28.8 Å². The molecule has 0 aromatic heterocycles. The van der Waals surface area contributed by atoms with Crippen LogP contribution < -0.4 is 0 Å². The lowest BCUT2D eigenvalue weighted by molar-refractivity contribution is -0.199. The highest BCUT2D eigenvalue weighted by atomic mass is 16.6. The van der Waals surface area contributed by atoms with Crippen molar-refractivity contribution in [2.24, 2.45) is 71.0 Å². The lowest BCUT2D eigenvalue weighted by atomic mass is 9.50. The summed E-state index contributed by atoms with van der Waals surface area (Å²) in [6.07, 6.45) is 23.7. The van der Waals surface area contributed by atoms with Gasteiger partial charge in [0, 0.05) is 39.4 Å². The number of carbonyl (C=O) groups is 6. The summed E-state index contributed by atoms with van der Waals surface area (Å²) in [5, 5.41) is 0. The van der Waals surface area contributed by atoms with Gasteiger partial charge in [-0.15, -0.1) is 0 Å². The molecule has 9 unspecified atom stereocenters. The lowest BCUT2D eigenvalue weighted by Crippen LogP contribution is -2.58. The van der Waals surface area contributed by atoms with Gasteiger partial charge in [-0.2, -0.15) is 0 Å². The molecule has 9 saturated carbocycles. The fourth-order valence-electron chi connectivity index (χ4n) is 17.7. The summed E-state index contributed by atoms with van der Waals surface area (Å²) in [5.41, 5.74) is 4.17. The van der Waals surface area contributed by atoms with Crippen LogP contribution in [0.4, 0.5) is 0 Å². The number of benzene rings is 2. The number of ether oxygens (including phenoxy) is 6. The second-order valence-corrected chi connectivity index (χ2v) is 32.6. The number of carbonyl (C=O) groups excluding carboxylic acids is 6. The smallest absolute Gasteiger partial charge is 0.333 e. The second-order valence-electron chi connectivity index (χ2n) is 32.6. The third kappa shape index (κ3) is 19.8. The maximum atomic E-state index is 12.1. The van der Waals surface area contributed by atoms with Gasteiger partial charge in [-0.1, -0.05) is 135 Å². The van der Waals surface area contributed by atoms with E-state index in [1.807, 2.05) is 97.9 Å². The molecule has 0 spiro atoms. The highest BCUT2D eigenvalue weighted by Crippen LogP contribution is 2.71. The molecule has 9 atom stereocenters. The average Bonchev–Trinajstić information content (AvgIpc) is 1.58. The second kappa shape index (κ2) is 33.2. The van der Waals surface area contributed by atoms with Crippen molar-refractivity contribution in [3.8, 4) is 0 Å². The first kappa shape index (κ1) is 79.7. The largest absolute Gasteiger partial charge is 0.456 e. The Morgan fingerprint density at radius 3 is 1.48 bits per heavy atom. The molecule has 8 bridgehead atoms. The highest BCUT2D eigenvalue weighted by molar-refractivity contribution is 5.89. The summed E-state index contributed by atoms with van der Waals surface area (Å²) >= 11 is 0. The van der Waals surface area contributed by atoms with E-state index >= 15 is 0 Å². The Morgan fingerprint density at radius 2 is 0.979 bits per heavy atom. The zero-order valence-corrected chi connectivity index (χ0v) is 62.9. The molecule has 12 rings (SSSR count). The number of hydrogen-bond donors (Lipinski definition) is 0. The zero-order valence-electron chi connectivity index (χ0n) is 62.9. The van der Waals surface area contributed by atoms with Gasteiger partial charge in [-0.3, -0.25) is 0 Å². The van der Waals surface area contributed by atoms with E-state index in [4.69, 9.17) is 28.4 Å². The minimum atomic E-state index is -0.572. The van der Waals surface area contributed by atoms with E-state index in [0.29, 0.717) is 57.1 Å². The van der Waals surface area contributed by atoms with Gasteiger partial charge in [0.15, 0.2) is 0 Å². The van der Waals surface area contributed by atoms with E-state index in [9.17, 15) is 28.8 Å². The van der Waals surface area contributed by atoms with Crippen LogP contribution in [0.15, 0.2) is 128 Å². The molecule has 0 saturated heterocycles. The molecule has 2 aromatic carbocycles. The number of hydrogen-bond acceptors (Lipinski definition) is 12. The summed E-state index contributed by atoms with van der Waals surface area (Å²) in [5.74, 6) is 8.02. The van der Waals surface area contributed by atoms with Crippen molar-refractivity contribution in [1.29, 1.82) is 0 Å². The number of esters is 6. The van der Waals surface area contributed by atoms with Crippen molar-refractivity contribution in [3.05, 3.63) is 144 Å². The molecule has 0 N–H and O–H groups in total. The maximum absolute atomic E-state index is 12.1. The SMILES string of the molecule is C=C(C)C(=O)OC(C)(C)C1CCC(C)CC1.C=C(C)C(=O)OC(C)(C)CC.C=C(C)C(=O)OC(C)(CC)c1ccccc1.C=C(C)C(=O)OC1(C)C2CC3CC(C2)CC1C3.C=C(C)C(=O)OC1(C)CCCc2ccccc21.C=C(C)C(=O)OC1(CC)CC2CC1C1C3CCC(C3)C21. The van der Waals surface area contributed by atoms with Gasteiger partial charge in [-0.05, 0) is 287 Å². The Kier molecular flexibility index (Phi) is 27.3. The van der Waals surface area contributed by atoms with Crippen molar-refractivity contribution in [2.75, 3.05) is 0 Å². The summed E-state index contributed by atoms with van der Waals surface area (Å²) in [4.78, 5) is 69.7. The molecule has 12 heteroatoms. The van der Waals surface area contributed by atoms with Crippen molar-refractivity contribution in [3.63, 3.8) is 0 Å². The summed E-state index contributed by atoms with van der Waals surface area (Å²) in [6, 6.07) is 18.0. The van der Waals surface area contributed by atoms with Gasteiger partial charge in [0.05, 0.1) is 0 Å². The first-order chi connectivity index (χ1) is 45.3. The standard InChI is InChI=1S/C18H26O2.C15H22O2.C15H18O2.C14H24O2.C14H18O2.C9H16O2/c1-4-18(20-17(19)10(2)3)9-13-8-14(18)16-12-6-5-11(7-12)15(13)16;1-9(2)14(16)17-15(3)12-5-10-4-11(7-12)8-13(15)6-10;1-11(2)14(16)17-15(3)10-6-8-12-7-4-5-9-13(12)15;1-10(2)13(15)16-14(4,5)12-8-6-11(3)7-9-12;1-5-14(4,16-13(15)11(2)3)12-9-7-6-8-10-12;1-6-9(4,5)11-8(10)7(2)3/h11-16H,2,4-9H2,1,3H3;10-13H,1,4-8H2,2-3H3;4-5,7,9H,1,6,8,10H2,2-3H3;11-12H,1,6-9H2,2-5H3;6-10H,2,5H2,1,3-4H3;2,6H2,1,3-5H3. The molecule has 0 radical (unpaired) electrons. The molecule has 2 aromatic rings. The molecule has 0 amide bonds. The van der Waals surface area contributed by atoms with E-state index in [1.165, 1.54) is 76.2 Å². The maximum Gasteiger partial charge on any atom is 0.333 e. The van der Waals surface area contributed by atoms with E-state index < -0.39 is 11.2 Å². The van der Waals surface area contributed by atoms with Crippen LogP contribution >= 0.6 is 0 Å². The fourth-order valence-corrected chi connectivity index (χ4v) is 17.7. The topological polar surface area (TPSA) is 158 Å². The van der Waals surface area contributed by atoms with Crippen LogP contribution in [0.5, 0.6) is 0 Å². The van der Waals surface area contributed by atoms with Crippen molar-refractivity contribution in [1.82, 2.24) is 0 Å². The predicted molar refractivity (Wildman–Crippen MR) is 388 cm³/mol. The molecular weight excluding hydrogens is 1210 g/mol. The van der Waals surface area contributed by atoms with Crippen LogP contribution in [-0.2, 0) is 74.8 Å². The van der Waals surface area contributed by atoms with Crippen LogP contribution in [0.1, 0.15) is 256 Å². The van der Waals surface area contributed by atoms with Crippen LogP contribution in [-0.4, -0.2) is 58.2 Å². The Morgan fingerprint density at radius 1 is 0.505 bits per heavy atom. The number of fused-ring (bicyclic) bond motifs is 10. The first-order valence-electron chi connectivity index (χ1n) is 36.7. The van der Waals surface area contributed by atoms with E-state index in [2.05, 4.69) is 72.4 Å². The van der Waals surface area contributed by atoms with E-state index in [1.54, 1.807) is 41.5 Å². The Bertz CT molecular complexity index is 3160. The number of rotatable bonds is 17. The normalized spacial score (nSPS) is 30.6. The molecule has 536 valence electrons. The van der Waals surface area contributed by atoms with Gasteiger partial charge in [0.25, 0.3) is 0 Å². The minimum absolute atomic E-state index is 0.160. The molecule has 10 aliphatic rings. The zero-order chi connectivity index (χ0) is 72.3.